The van der Waals surface area contributed by atoms with Crippen molar-refractivity contribution in [1.82, 2.24) is 4.90 Å². The lowest BCUT2D eigenvalue weighted by Gasteiger charge is -2.25. The second kappa shape index (κ2) is 8.00. The molecule has 144 valence electrons. The summed E-state index contributed by atoms with van der Waals surface area (Å²) >= 11 is 0. The van der Waals surface area contributed by atoms with E-state index in [0.717, 1.165) is 5.69 Å². The zero-order valence-electron chi connectivity index (χ0n) is 14.9. The molecule has 1 heterocycles. The number of nitrogens with zero attached hydrogens (tertiary/aromatic N) is 2. The summed E-state index contributed by atoms with van der Waals surface area (Å²) < 4.78 is 42.3. The molecule has 0 radical (unpaired) electrons. The molecular weight excluding hydrogens is 357 g/mol. The third-order valence-corrected chi connectivity index (χ3v) is 4.56. The van der Waals surface area contributed by atoms with Gasteiger partial charge in [0.05, 0.1) is 6.04 Å². The summed E-state index contributed by atoms with van der Waals surface area (Å²) in [6.45, 7) is -0.394. The number of ether oxygens (including phenoxy) is 1. The lowest BCUT2D eigenvalue weighted by atomic mass is 10.1. The van der Waals surface area contributed by atoms with Crippen LogP contribution in [0.25, 0.3) is 0 Å². The molecule has 0 spiro atoms. The molecule has 1 saturated heterocycles. The highest BCUT2D eigenvalue weighted by atomic mass is 19.4. The number of likely N-dealkylation sites (N-methyl/N-ethyl adjacent to an activating group) is 1. The fraction of sp³-hybridized carbons (Fsp3) is 0.350. The number of hydrogen-bond donors (Lipinski definition) is 0. The number of amides is 1. The highest BCUT2D eigenvalue weighted by Crippen LogP contribution is 2.27. The Balaban J connectivity index is 1.68. The SMILES string of the molecule is CN(Cc1ccccc1OCC(F)(F)F)C1CCN(c2ccccc2)C1=O. The van der Waals surface area contributed by atoms with Crippen molar-refractivity contribution in [3.8, 4) is 5.75 Å². The molecule has 3 rings (SSSR count). The van der Waals surface area contributed by atoms with Crippen LogP contribution in [0.2, 0.25) is 0 Å². The average molecular weight is 378 g/mol. The van der Waals surface area contributed by atoms with Crippen LogP contribution in [0, 0.1) is 0 Å². The third kappa shape index (κ3) is 4.80. The van der Waals surface area contributed by atoms with Gasteiger partial charge in [0.15, 0.2) is 6.61 Å². The standard InChI is InChI=1S/C20H21F3N2O2/c1-24(13-15-7-5-6-10-18(15)27-14-20(21,22)23)17-11-12-25(19(17)26)16-8-3-2-4-9-16/h2-10,17H,11-14H2,1H3. The Morgan fingerprint density at radius 3 is 2.48 bits per heavy atom. The lowest BCUT2D eigenvalue weighted by Crippen LogP contribution is -2.39. The van der Waals surface area contributed by atoms with Gasteiger partial charge in [-0.25, -0.2) is 0 Å². The van der Waals surface area contributed by atoms with E-state index in [1.807, 2.05) is 35.2 Å². The summed E-state index contributed by atoms with van der Waals surface area (Å²) in [6, 6.07) is 15.7. The molecule has 1 fully saturated rings. The number of para-hydroxylation sites is 2. The van der Waals surface area contributed by atoms with Gasteiger partial charge in [-0.2, -0.15) is 13.2 Å². The Morgan fingerprint density at radius 1 is 1.11 bits per heavy atom. The van der Waals surface area contributed by atoms with Crippen molar-refractivity contribution in [3.05, 3.63) is 60.2 Å². The van der Waals surface area contributed by atoms with Crippen LogP contribution in [0.15, 0.2) is 54.6 Å². The largest absolute Gasteiger partial charge is 0.484 e. The molecule has 2 aromatic carbocycles. The van der Waals surface area contributed by atoms with Gasteiger partial charge in [-0.05, 0) is 31.7 Å². The summed E-state index contributed by atoms with van der Waals surface area (Å²) in [7, 11) is 1.80. The highest BCUT2D eigenvalue weighted by Gasteiger charge is 2.35. The highest BCUT2D eigenvalue weighted by molar-refractivity contribution is 5.99. The number of anilines is 1. The Hall–Kier alpha value is -2.54. The first-order chi connectivity index (χ1) is 12.8. The molecular formula is C20H21F3N2O2. The molecule has 0 aromatic heterocycles. The second-order valence-electron chi connectivity index (χ2n) is 6.56. The number of carbonyl (C=O) groups excluding carboxylic acids is 1. The van der Waals surface area contributed by atoms with Crippen molar-refractivity contribution >= 4 is 11.6 Å². The zero-order valence-corrected chi connectivity index (χ0v) is 14.9. The summed E-state index contributed by atoms with van der Waals surface area (Å²) in [5.74, 6) is 0.185. The van der Waals surface area contributed by atoms with E-state index >= 15 is 0 Å². The van der Waals surface area contributed by atoms with E-state index in [9.17, 15) is 18.0 Å². The molecule has 27 heavy (non-hydrogen) atoms. The average Bonchev–Trinajstić information content (AvgIpc) is 3.02. The molecule has 4 nitrogen and oxygen atoms in total. The molecule has 1 atom stereocenters. The third-order valence-electron chi connectivity index (χ3n) is 4.56. The van der Waals surface area contributed by atoms with Gasteiger partial charge in [0.25, 0.3) is 0 Å². The summed E-state index contributed by atoms with van der Waals surface area (Å²) in [4.78, 5) is 16.4. The number of hydrogen-bond acceptors (Lipinski definition) is 3. The Morgan fingerprint density at radius 2 is 1.78 bits per heavy atom. The van der Waals surface area contributed by atoms with Crippen LogP contribution in [0.3, 0.4) is 0 Å². The monoisotopic (exact) mass is 378 g/mol. The minimum absolute atomic E-state index is 0.00242. The molecule has 1 unspecified atom stereocenters. The van der Waals surface area contributed by atoms with E-state index in [1.54, 1.807) is 30.1 Å². The van der Waals surface area contributed by atoms with Gasteiger partial charge in [0.1, 0.15) is 5.75 Å². The minimum atomic E-state index is -4.39. The quantitative estimate of drug-likeness (QED) is 0.765. The van der Waals surface area contributed by atoms with Crippen molar-refractivity contribution in [2.24, 2.45) is 0 Å². The predicted octanol–water partition coefficient (Wildman–Crippen LogP) is 3.87. The van der Waals surface area contributed by atoms with Crippen molar-refractivity contribution in [2.75, 3.05) is 25.1 Å². The summed E-state index contributed by atoms with van der Waals surface area (Å²) in [6.07, 6.45) is -3.73. The number of benzene rings is 2. The van der Waals surface area contributed by atoms with Gasteiger partial charge < -0.3 is 9.64 Å². The van der Waals surface area contributed by atoms with E-state index in [0.29, 0.717) is 25.1 Å². The predicted molar refractivity (Wildman–Crippen MR) is 96.7 cm³/mol. The normalized spacial score (nSPS) is 17.6. The molecule has 0 aliphatic carbocycles. The minimum Gasteiger partial charge on any atom is -0.484 e. The molecule has 2 aromatic rings. The van der Waals surface area contributed by atoms with Crippen molar-refractivity contribution in [3.63, 3.8) is 0 Å². The molecule has 1 amide bonds. The van der Waals surface area contributed by atoms with Gasteiger partial charge in [0, 0.05) is 24.3 Å². The molecule has 0 bridgehead atoms. The first kappa shape index (κ1) is 19.2. The van der Waals surface area contributed by atoms with E-state index in [2.05, 4.69) is 0 Å². The van der Waals surface area contributed by atoms with E-state index in [4.69, 9.17) is 4.74 Å². The van der Waals surface area contributed by atoms with Gasteiger partial charge >= 0.3 is 6.18 Å². The van der Waals surface area contributed by atoms with Crippen LogP contribution in [0.4, 0.5) is 18.9 Å². The van der Waals surface area contributed by atoms with Crippen LogP contribution in [-0.4, -0.2) is 43.2 Å². The molecule has 1 aliphatic heterocycles. The second-order valence-corrected chi connectivity index (χ2v) is 6.56. The Bertz CT molecular complexity index is 780. The molecule has 1 aliphatic rings. The smallest absolute Gasteiger partial charge is 0.422 e. The number of rotatable bonds is 6. The molecule has 0 N–H and O–H groups in total. The van der Waals surface area contributed by atoms with Crippen LogP contribution in [-0.2, 0) is 11.3 Å². The van der Waals surface area contributed by atoms with E-state index in [-0.39, 0.29) is 17.7 Å². The van der Waals surface area contributed by atoms with Crippen molar-refractivity contribution in [2.45, 2.75) is 25.2 Å². The first-order valence-electron chi connectivity index (χ1n) is 8.69. The first-order valence-corrected chi connectivity index (χ1v) is 8.69. The molecule has 7 heteroatoms. The van der Waals surface area contributed by atoms with Crippen molar-refractivity contribution in [1.29, 1.82) is 0 Å². The van der Waals surface area contributed by atoms with Gasteiger partial charge in [0.2, 0.25) is 5.91 Å². The van der Waals surface area contributed by atoms with E-state index < -0.39 is 12.8 Å². The fourth-order valence-electron chi connectivity index (χ4n) is 3.25. The molecule has 0 saturated carbocycles. The van der Waals surface area contributed by atoms with Crippen LogP contribution >= 0.6 is 0 Å². The van der Waals surface area contributed by atoms with Crippen LogP contribution in [0.1, 0.15) is 12.0 Å². The van der Waals surface area contributed by atoms with Crippen LogP contribution < -0.4 is 9.64 Å². The van der Waals surface area contributed by atoms with Crippen LogP contribution in [0.5, 0.6) is 5.75 Å². The lowest BCUT2D eigenvalue weighted by molar-refractivity contribution is -0.153. The van der Waals surface area contributed by atoms with E-state index in [1.165, 1.54) is 6.07 Å². The maximum atomic E-state index is 12.8. The van der Waals surface area contributed by atoms with Gasteiger partial charge in [-0.3, -0.25) is 9.69 Å². The maximum absolute atomic E-state index is 12.8. The number of carbonyl (C=O) groups is 1. The van der Waals surface area contributed by atoms with Gasteiger partial charge in [-0.1, -0.05) is 36.4 Å². The Labute approximate surface area is 156 Å². The summed E-state index contributed by atoms with van der Waals surface area (Å²) in [5, 5.41) is 0. The number of halogens is 3. The zero-order chi connectivity index (χ0) is 19.4. The maximum Gasteiger partial charge on any atom is 0.422 e. The number of alkyl halides is 3. The topological polar surface area (TPSA) is 32.8 Å². The summed E-state index contributed by atoms with van der Waals surface area (Å²) in [5.41, 5.74) is 1.47. The van der Waals surface area contributed by atoms with Crippen molar-refractivity contribution < 1.29 is 22.7 Å². The fourth-order valence-corrected chi connectivity index (χ4v) is 3.25. The van der Waals surface area contributed by atoms with Gasteiger partial charge in [-0.15, -0.1) is 0 Å². The Kier molecular flexibility index (Phi) is 5.70.